The first-order chi connectivity index (χ1) is 13.0. The number of benzene rings is 2. The average molecular weight is 388 g/mol. The van der Waals surface area contributed by atoms with Crippen molar-refractivity contribution in [3.63, 3.8) is 0 Å². The Bertz CT molecular complexity index is 1240. The fourth-order valence-corrected chi connectivity index (χ4v) is 3.33. The second-order valence-electron chi connectivity index (χ2n) is 5.80. The maximum atomic E-state index is 12.8. The first kappa shape index (κ1) is 17.2. The number of anilines is 1. The second kappa shape index (κ2) is 6.51. The highest BCUT2D eigenvalue weighted by atomic mass is 35.5. The Labute approximate surface area is 156 Å². The predicted molar refractivity (Wildman–Crippen MR) is 101 cm³/mol. The lowest BCUT2D eigenvalue weighted by Crippen LogP contribution is -2.19. The SMILES string of the molecule is Nc1cc(=O)n(-c2cccc3c(Cl)nccc23)c2cc(OC(F)F)ccc12. The number of halogens is 3. The van der Waals surface area contributed by atoms with Gasteiger partial charge in [0.25, 0.3) is 5.56 Å². The highest BCUT2D eigenvalue weighted by Gasteiger charge is 2.14. The fraction of sp³-hybridized carbons (Fsp3) is 0.0526. The first-order valence-electron chi connectivity index (χ1n) is 7.89. The largest absolute Gasteiger partial charge is 0.435 e. The lowest BCUT2D eigenvalue weighted by Gasteiger charge is -2.15. The molecule has 2 N–H and O–H groups in total. The van der Waals surface area contributed by atoms with Crippen LogP contribution in [-0.2, 0) is 0 Å². The van der Waals surface area contributed by atoms with E-state index in [9.17, 15) is 13.6 Å². The van der Waals surface area contributed by atoms with Crippen molar-refractivity contribution in [3.8, 4) is 11.4 Å². The zero-order valence-corrected chi connectivity index (χ0v) is 14.5. The molecule has 2 heterocycles. The van der Waals surface area contributed by atoms with Gasteiger partial charge in [0.15, 0.2) is 0 Å². The van der Waals surface area contributed by atoms with E-state index in [4.69, 9.17) is 17.3 Å². The normalized spacial score (nSPS) is 11.4. The van der Waals surface area contributed by atoms with Gasteiger partial charge in [0.05, 0.1) is 11.2 Å². The van der Waals surface area contributed by atoms with Crippen molar-refractivity contribution in [1.82, 2.24) is 9.55 Å². The fourth-order valence-electron chi connectivity index (χ4n) is 3.11. The van der Waals surface area contributed by atoms with E-state index in [2.05, 4.69) is 9.72 Å². The van der Waals surface area contributed by atoms with Gasteiger partial charge in [0, 0.05) is 40.2 Å². The third-order valence-electron chi connectivity index (χ3n) is 4.22. The summed E-state index contributed by atoms with van der Waals surface area (Å²) in [5.41, 5.74) is 6.67. The Kier molecular flexibility index (Phi) is 4.16. The van der Waals surface area contributed by atoms with Crippen LogP contribution in [0.2, 0.25) is 5.15 Å². The first-order valence-corrected chi connectivity index (χ1v) is 8.27. The Morgan fingerprint density at radius 3 is 2.67 bits per heavy atom. The number of pyridine rings is 2. The van der Waals surface area contributed by atoms with E-state index in [1.165, 1.54) is 35.0 Å². The average Bonchev–Trinajstić information content (AvgIpc) is 2.62. The molecule has 4 rings (SSSR count). The summed E-state index contributed by atoms with van der Waals surface area (Å²) in [6.07, 6.45) is 1.53. The van der Waals surface area contributed by atoms with Crippen LogP contribution in [-0.4, -0.2) is 16.2 Å². The van der Waals surface area contributed by atoms with E-state index in [1.54, 1.807) is 24.3 Å². The van der Waals surface area contributed by atoms with E-state index in [-0.39, 0.29) is 11.4 Å². The second-order valence-corrected chi connectivity index (χ2v) is 6.16. The van der Waals surface area contributed by atoms with Crippen molar-refractivity contribution in [2.75, 3.05) is 5.73 Å². The van der Waals surface area contributed by atoms with Crippen LogP contribution in [0.4, 0.5) is 14.5 Å². The van der Waals surface area contributed by atoms with Crippen LogP contribution >= 0.6 is 11.6 Å². The molecule has 136 valence electrons. The van der Waals surface area contributed by atoms with E-state index >= 15 is 0 Å². The van der Waals surface area contributed by atoms with E-state index in [1.807, 2.05) is 0 Å². The summed E-state index contributed by atoms with van der Waals surface area (Å²) < 4.78 is 31.1. The molecule has 0 fully saturated rings. The smallest absolute Gasteiger partial charge is 0.387 e. The van der Waals surface area contributed by atoms with Gasteiger partial charge >= 0.3 is 6.61 Å². The maximum Gasteiger partial charge on any atom is 0.387 e. The van der Waals surface area contributed by atoms with Crippen molar-refractivity contribution in [2.24, 2.45) is 0 Å². The van der Waals surface area contributed by atoms with Crippen LogP contribution in [0.15, 0.2) is 59.5 Å². The molecule has 0 radical (unpaired) electrons. The Morgan fingerprint density at radius 2 is 1.89 bits per heavy atom. The summed E-state index contributed by atoms with van der Waals surface area (Å²) in [6.45, 7) is -2.98. The molecule has 0 spiro atoms. The van der Waals surface area contributed by atoms with Crippen LogP contribution < -0.4 is 16.0 Å². The third kappa shape index (κ3) is 2.96. The summed E-state index contributed by atoms with van der Waals surface area (Å²) in [6, 6.07) is 12.5. The topological polar surface area (TPSA) is 70.1 Å². The highest BCUT2D eigenvalue weighted by molar-refractivity contribution is 6.34. The molecule has 0 aliphatic carbocycles. The van der Waals surface area contributed by atoms with Crippen molar-refractivity contribution in [3.05, 3.63) is 70.2 Å². The number of hydrogen-bond donors (Lipinski definition) is 1. The van der Waals surface area contributed by atoms with E-state index in [0.29, 0.717) is 32.5 Å². The summed E-state index contributed by atoms with van der Waals surface area (Å²) in [4.78, 5) is 16.8. The minimum absolute atomic E-state index is 0.0730. The summed E-state index contributed by atoms with van der Waals surface area (Å²) >= 11 is 6.16. The predicted octanol–water partition coefficient (Wildman–Crippen LogP) is 4.38. The molecule has 8 heteroatoms. The molecule has 0 aliphatic heterocycles. The van der Waals surface area contributed by atoms with E-state index in [0.717, 1.165) is 0 Å². The van der Waals surface area contributed by atoms with Gasteiger partial charge in [-0.2, -0.15) is 8.78 Å². The number of rotatable bonds is 3. The molecular formula is C19H12ClF2N3O2. The van der Waals surface area contributed by atoms with Crippen LogP contribution in [0.3, 0.4) is 0 Å². The zero-order valence-electron chi connectivity index (χ0n) is 13.7. The lowest BCUT2D eigenvalue weighted by atomic mass is 10.1. The lowest BCUT2D eigenvalue weighted by molar-refractivity contribution is -0.0497. The molecule has 27 heavy (non-hydrogen) atoms. The highest BCUT2D eigenvalue weighted by Crippen LogP contribution is 2.31. The third-order valence-corrected chi connectivity index (χ3v) is 4.52. The van der Waals surface area contributed by atoms with Crippen LogP contribution in [0.5, 0.6) is 5.75 Å². The Balaban J connectivity index is 2.10. The van der Waals surface area contributed by atoms with Gasteiger partial charge in [-0.3, -0.25) is 9.36 Å². The quantitative estimate of drug-likeness (QED) is 0.530. The van der Waals surface area contributed by atoms with Gasteiger partial charge in [-0.25, -0.2) is 4.98 Å². The van der Waals surface area contributed by atoms with Crippen LogP contribution in [0.1, 0.15) is 0 Å². The van der Waals surface area contributed by atoms with Crippen molar-refractivity contribution in [1.29, 1.82) is 0 Å². The summed E-state index contributed by atoms with van der Waals surface area (Å²) in [5.74, 6) is -0.0730. The number of nitrogens with two attached hydrogens (primary N) is 1. The van der Waals surface area contributed by atoms with Crippen LogP contribution in [0.25, 0.3) is 27.4 Å². The van der Waals surface area contributed by atoms with Gasteiger partial charge < -0.3 is 10.5 Å². The van der Waals surface area contributed by atoms with Crippen LogP contribution in [0, 0.1) is 0 Å². The van der Waals surface area contributed by atoms with Crippen molar-refractivity contribution in [2.45, 2.75) is 6.61 Å². The molecule has 5 nitrogen and oxygen atoms in total. The maximum absolute atomic E-state index is 12.8. The number of alkyl halides is 2. The minimum atomic E-state index is -2.98. The van der Waals surface area contributed by atoms with Gasteiger partial charge in [0.2, 0.25) is 0 Å². The minimum Gasteiger partial charge on any atom is -0.435 e. The summed E-state index contributed by atoms with van der Waals surface area (Å²) in [7, 11) is 0. The molecule has 0 unspecified atom stereocenters. The standard InChI is InChI=1S/C19H12ClF2N3O2/c20-18-12-2-1-3-15(11(12)6-7-24-18)25-16-8-10(27-19(21)22)4-5-13(16)14(23)9-17(25)26/h1-9,19H,23H2. The molecule has 4 aromatic rings. The monoisotopic (exact) mass is 387 g/mol. The van der Waals surface area contributed by atoms with Crippen molar-refractivity contribution >= 4 is 39.0 Å². The number of fused-ring (bicyclic) bond motifs is 2. The molecule has 0 atom stereocenters. The van der Waals surface area contributed by atoms with Gasteiger partial charge in [-0.1, -0.05) is 23.7 Å². The molecular weight excluding hydrogens is 376 g/mol. The molecule has 0 aliphatic rings. The number of ether oxygens (including phenoxy) is 1. The molecule has 2 aromatic heterocycles. The molecule has 2 aromatic carbocycles. The Hall–Kier alpha value is -3.19. The molecule has 0 saturated heterocycles. The Morgan fingerprint density at radius 1 is 1.07 bits per heavy atom. The summed E-state index contributed by atoms with van der Waals surface area (Å²) in [5, 5.41) is 2.18. The molecule has 0 bridgehead atoms. The number of hydrogen-bond acceptors (Lipinski definition) is 4. The number of nitrogens with zero attached hydrogens (tertiary/aromatic N) is 2. The van der Waals surface area contributed by atoms with Gasteiger partial charge in [0.1, 0.15) is 10.9 Å². The van der Waals surface area contributed by atoms with Gasteiger partial charge in [-0.05, 0) is 24.3 Å². The molecule has 0 saturated carbocycles. The zero-order chi connectivity index (χ0) is 19.1. The molecule has 0 amide bonds. The van der Waals surface area contributed by atoms with Gasteiger partial charge in [-0.15, -0.1) is 0 Å². The number of nitrogen functional groups attached to an aromatic ring is 1. The van der Waals surface area contributed by atoms with E-state index < -0.39 is 12.2 Å². The number of aromatic nitrogens is 2. The van der Waals surface area contributed by atoms with Crippen molar-refractivity contribution < 1.29 is 13.5 Å².